The highest BCUT2D eigenvalue weighted by Gasteiger charge is 2.19. The molecule has 3 heterocycles. The number of nitrogens with zero attached hydrogens (tertiary/aromatic N) is 2. The fourth-order valence-electron chi connectivity index (χ4n) is 2.31. The molecule has 0 atom stereocenters. The lowest BCUT2D eigenvalue weighted by atomic mass is 10.1. The molecule has 6 nitrogen and oxygen atoms in total. The topological polar surface area (TPSA) is 76.0 Å². The predicted molar refractivity (Wildman–Crippen MR) is 86.2 cm³/mol. The van der Waals surface area contributed by atoms with Gasteiger partial charge in [-0.2, -0.15) is 5.10 Å². The highest BCUT2D eigenvalue weighted by molar-refractivity contribution is 9.11. The first kappa shape index (κ1) is 15.0. The van der Waals surface area contributed by atoms with Crippen molar-refractivity contribution in [3.63, 3.8) is 0 Å². The highest BCUT2D eigenvalue weighted by Crippen LogP contribution is 2.28. The van der Waals surface area contributed by atoms with Crippen molar-refractivity contribution in [2.75, 3.05) is 17.8 Å². The van der Waals surface area contributed by atoms with Crippen molar-refractivity contribution < 1.29 is 8.42 Å². The molecule has 0 spiro atoms. The van der Waals surface area contributed by atoms with Gasteiger partial charge in [0.05, 0.1) is 21.7 Å². The van der Waals surface area contributed by atoms with E-state index in [4.69, 9.17) is 0 Å². The Kier molecular flexibility index (Phi) is 4.34. The van der Waals surface area contributed by atoms with Crippen LogP contribution in [-0.2, 0) is 10.0 Å². The lowest BCUT2D eigenvalue weighted by Crippen LogP contribution is -2.29. The van der Waals surface area contributed by atoms with Crippen LogP contribution in [0, 0.1) is 0 Å². The molecule has 0 amide bonds. The van der Waals surface area contributed by atoms with Crippen LogP contribution in [0.25, 0.3) is 0 Å². The van der Waals surface area contributed by atoms with Gasteiger partial charge in [-0.3, -0.25) is 9.40 Å². The average Bonchev–Trinajstić information content (AvgIpc) is 3.09. The second kappa shape index (κ2) is 6.07. The molecule has 0 saturated carbocycles. The quantitative estimate of drug-likeness (QED) is 0.840. The van der Waals surface area contributed by atoms with Crippen LogP contribution < -0.4 is 10.0 Å². The molecule has 3 rings (SSSR count). The number of hydrogen-bond donors (Lipinski definition) is 2. The summed E-state index contributed by atoms with van der Waals surface area (Å²) in [5, 5.41) is 7.58. The van der Waals surface area contributed by atoms with Gasteiger partial charge in [0.1, 0.15) is 4.21 Å². The molecule has 2 aromatic rings. The Hall–Kier alpha value is -0.900. The van der Waals surface area contributed by atoms with Crippen LogP contribution in [0.4, 0.5) is 5.69 Å². The molecule has 1 fully saturated rings. The summed E-state index contributed by atoms with van der Waals surface area (Å²) < 4.78 is 30.0. The van der Waals surface area contributed by atoms with E-state index in [0.717, 1.165) is 29.7 Å². The summed E-state index contributed by atoms with van der Waals surface area (Å²) >= 11 is 4.45. The average molecular weight is 391 g/mol. The number of aromatic nitrogens is 2. The van der Waals surface area contributed by atoms with E-state index < -0.39 is 10.0 Å². The van der Waals surface area contributed by atoms with Crippen molar-refractivity contribution in [1.29, 1.82) is 0 Å². The molecule has 2 aromatic heterocycles. The first-order valence-electron chi connectivity index (χ1n) is 6.58. The Morgan fingerprint density at radius 1 is 1.38 bits per heavy atom. The Labute approximate surface area is 135 Å². The maximum absolute atomic E-state index is 12.2. The smallest absolute Gasteiger partial charge is 0.271 e. The number of thiophene rings is 1. The van der Waals surface area contributed by atoms with Crippen LogP contribution >= 0.6 is 27.3 Å². The second-order valence-electron chi connectivity index (χ2n) is 4.85. The van der Waals surface area contributed by atoms with Gasteiger partial charge in [-0.15, -0.1) is 11.3 Å². The lowest BCUT2D eigenvalue weighted by Gasteiger charge is -2.22. The maximum Gasteiger partial charge on any atom is 0.271 e. The lowest BCUT2D eigenvalue weighted by molar-refractivity contribution is 0.343. The fourth-order valence-corrected chi connectivity index (χ4v) is 5.35. The summed E-state index contributed by atoms with van der Waals surface area (Å²) in [5.74, 6) is 0. The predicted octanol–water partition coefficient (Wildman–Crippen LogP) is 2.43. The van der Waals surface area contributed by atoms with Crippen molar-refractivity contribution in [3.05, 3.63) is 28.3 Å². The van der Waals surface area contributed by atoms with Crippen molar-refractivity contribution in [1.82, 2.24) is 15.1 Å². The van der Waals surface area contributed by atoms with Gasteiger partial charge in [0, 0.05) is 6.20 Å². The molecule has 2 N–H and O–H groups in total. The number of nitrogens with one attached hydrogen (secondary N) is 2. The van der Waals surface area contributed by atoms with Gasteiger partial charge in [-0.05, 0) is 54.0 Å². The molecule has 1 aliphatic heterocycles. The first-order valence-corrected chi connectivity index (χ1v) is 9.67. The molecule has 9 heteroatoms. The highest BCUT2D eigenvalue weighted by atomic mass is 79.9. The van der Waals surface area contributed by atoms with Crippen molar-refractivity contribution in [2.24, 2.45) is 0 Å². The normalized spacial score (nSPS) is 17.0. The minimum Gasteiger partial charge on any atom is -0.317 e. The molecule has 1 saturated heterocycles. The van der Waals surface area contributed by atoms with E-state index in [2.05, 4.69) is 31.1 Å². The zero-order valence-corrected chi connectivity index (χ0v) is 14.3. The first-order chi connectivity index (χ1) is 10.0. The Bertz CT molecular complexity index is 719. The number of rotatable bonds is 4. The number of sulfonamides is 1. The summed E-state index contributed by atoms with van der Waals surface area (Å²) in [7, 11) is -3.54. The van der Waals surface area contributed by atoms with Crippen LogP contribution in [0.15, 0.2) is 32.5 Å². The van der Waals surface area contributed by atoms with E-state index in [-0.39, 0.29) is 4.21 Å². The zero-order chi connectivity index (χ0) is 14.9. The Balaban J connectivity index is 1.74. The van der Waals surface area contributed by atoms with Crippen LogP contribution in [0.1, 0.15) is 18.9 Å². The number of anilines is 1. The molecular formula is C12H15BrN4O2S2. The van der Waals surface area contributed by atoms with Gasteiger partial charge in [0.2, 0.25) is 0 Å². The van der Waals surface area contributed by atoms with E-state index in [1.807, 2.05) is 4.68 Å². The molecule has 114 valence electrons. The molecule has 0 bridgehead atoms. The van der Waals surface area contributed by atoms with Gasteiger partial charge >= 0.3 is 0 Å². The van der Waals surface area contributed by atoms with Crippen LogP contribution in [0.5, 0.6) is 0 Å². The van der Waals surface area contributed by atoms with Gasteiger partial charge in [0.25, 0.3) is 10.0 Å². The van der Waals surface area contributed by atoms with E-state index in [1.54, 1.807) is 24.5 Å². The molecule has 0 aromatic carbocycles. The summed E-state index contributed by atoms with van der Waals surface area (Å²) in [6, 6.07) is 3.63. The Morgan fingerprint density at radius 3 is 2.81 bits per heavy atom. The van der Waals surface area contributed by atoms with E-state index >= 15 is 0 Å². The van der Waals surface area contributed by atoms with Gasteiger partial charge < -0.3 is 5.32 Å². The number of halogens is 1. The minimum absolute atomic E-state index is 0.281. The number of hydrogen-bond acceptors (Lipinski definition) is 5. The zero-order valence-electron chi connectivity index (χ0n) is 11.1. The second-order valence-corrected chi connectivity index (χ2v) is 9.23. The van der Waals surface area contributed by atoms with Gasteiger partial charge in [-0.1, -0.05) is 0 Å². The van der Waals surface area contributed by atoms with Crippen molar-refractivity contribution in [2.45, 2.75) is 23.1 Å². The van der Waals surface area contributed by atoms with Crippen molar-refractivity contribution in [3.8, 4) is 0 Å². The van der Waals surface area contributed by atoms with E-state index in [9.17, 15) is 8.42 Å². The third kappa shape index (κ3) is 3.47. The van der Waals surface area contributed by atoms with E-state index in [0.29, 0.717) is 11.7 Å². The molecule has 0 radical (unpaired) electrons. The minimum atomic E-state index is -3.54. The maximum atomic E-state index is 12.2. The third-order valence-corrected chi connectivity index (χ3v) is 6.85. The van der Waals surface area contributed by atoms with E-state index in [1.165, 1.54) is 11.3 Å². The summed E-state index contributed by atoms with van der Waals surface area (Å²) in [5.41, 5.74) is 0.498. The molecular weight excluding hydrogens is 376 g/mol. The van der Waals surface area contributed by atoms with Crippen LogP contribution in [-0.4, -0.2) is 31.3 Å². The van der Waals surface area contributed by atoms with Gasteiger partial charge in [-0.25, -0.2) is 8.42 Å². The molecule has 0 aliphatic carbocycles. The Morgan fingerprint density at radius 2 is 2.14 bits per heavy atom. The molecule has 21 heavy (non-hydrogen) atoms. The molecule has 0 unspecified atom stereocenters. The largest absolute Gasteiger partial charge is 0.317 e. The summed E-state index contributed by atoms with van der Waals surface area (Å²) in [6.07, 6.45) is 5.33. The summed E-state index contributed by atoms with van der Waals surface area (Å²) in [6.45, 7) is 1.93. The number of piperidine rings is 1. The van der Waals surface area contributed by atoms with Crippen LogP contribution in [0.2, 0.25) is 0 Å². The van der Waals surface area contributed by atoms with Crippen molar-refractivity contribution >= 4 is 43.0 Å². The summed E-state index contributed by atoms with van der Waals surface area (Å²) in [4.78, 5) is 0. The standard InChI is InChI=1S/C12H15BrN4O2S2/c13-11-1-2-12(20-11)21(18,19)16-9-7-15-17(8-9)10-3-5-14-6-4-10/h1-2,7-8,10,14,16H,3-6H2. The van der Waals surface area contributed by atoms with Crippen LogP contribution in [0.3, 0.4) is 0 Å². The molecule has 1 aliphatic rings. The third-order valence-electron chi connectivity index (χ3n) is 3.35. The van der Waals surface area contributed by atoms with Gasteiger partial charge in [0.15, 0.2) is 0 Å². The monoisotopic (exact) mass is 390 g/mol. The SMILES string of the molecule is O=S(=O)(Nc1cnn(C2CCNCC2)c1)c1ccc(Br)s1. The fraction of sp³-hybridized carbons (Fsp3) is 0.417.